The van der Waals surface area contributed by atoms with Gasteiger partial charge in [-0.2, -0.15) is 0 Å². The summed E-state index contributed by atoms with van der Waals surface area (Å²) in [6.45, 7) is 6.97. The zero-order chi connectivity index (χ0) is 18.4. The van der Waals surface area contributed by atoms with Crippen molar-refractivity contribution in [2.45, 2.75) is 26.4 Å². The maximum absolute atomic E-state index is 12.4. The van der Waals surface area contributed by atoms with E-state index in [0.717, 1.165) is 18.7 Å². The Balaban J connectivity index is 1.86. The van der Waals surface area contributed by atoms with Crippen LogP contribution >= 0.6 is 0 Å². The molecule has 0 spiro atoms. The van der Waals surface area contributed by atoms with Crippen LogP contribution in [0.1, 0.15) is 19.4 Å². The summed E-state index contributed by atoms with van der Waals surface area (Å²) in [5.41, 5.74) is 0.953. The van der Waals surface area contributed by atoms with Crippen LogP contribution in [0.25, 0.3) is 0 Å². The Hall–Kier alpha value is -2.28. The second-order valence-corrected chi connectivity index (χ2v) is 6.29. The molecule has 0 radical (unpaired) electrons. The lowest BCUT2D eigenvalue weighted by atomic mass is 10.1. The molecule has 2 N–H and O–H groups in total. The molecule has 0 aliphatic carbocycles. The van der Waals surface area contributed by atoms with E-state index >= 15 is 0 Å². The first kappa shape index (κ1) is 19.1. The van der Waals surface area contributed by atoms with Gasteiger partial charge in [-0.25, -0.2) is 0 Å². The number of nitrogens with zero attached hydrogens (tertiary/aromatic N) is 1. The van der Waals surface area contributed by atoms with Gasteiger partial charge in [-0.15, -0.1) is 0 Å². The first-order valence-electron chi connectivity index (χ1n) is 8.55. The Labute approximate surface area is 148 Å². The van der Waals surface area contributed by atoms with E-state index in [2.05, 4.69) is 5.32 Å². The van der Waals surface area contributed by atoms with Crippen LogP contribution < -0.4 is 19.7 Å². The Morgan fingerprint density at radius 3 is 2.40 bits per heavy atom. The summed E-state index contributed by atoms with van der Waals surface area (Å²) in [6.07, 6.45) is 0. The molecular weight excluding hydrogens is 322 g/mol. The molecule has 0 saturated carbocycles. The number of benzene rings is 1. The highest BCUT2D eigenvalue weighted by Crippen LogP contribution is 2.27. The first-order valence-corrected chi connectivity index (χ1v) is 8.55. The Bertz CT molecular complexity index is 612. The molecule has 1 aliphatic rings. The maximum Gasteiger partial charge on any atom is 0.278 e. The van der Waals surface area contributed by atoms with Gasteiger partial charge in [-0.1, -0.05) is 6.07 Å². The molecule has 1 saturated heterocycles. The van der Waals surface area contributed by atoms with Gasteiger partial charge in [0.15, 0.2) is 17.5 Å². The summed E-state index contributed by atoms with van der Waals surface area (Å²) in [6, 6.07) is 5.46. The SMILES string of the molecule is COc1ccc(CNC(=O)[C@@H](C)[NH+]2CCN(C(C)=O)CC2)cc1OC. The number of hydrogen-bond acceptors (Lipinski definition) is 4. The van der Waals surface area contributed by atoms with Gasteiger partial charge in [-0.05, 0) is 24.6 Å². The van der Waals surface area contributed by atoms with E-state index in [1.54, 1.807) is 21.1 Å². The molecule has 7 nitrogen and oxygen atoms in total. The van der Waals surface area contributed by atoms with Crippen LogP contribution in [0, 0.1) is 0 Å². The van der Waals surface area contributed by atoms with E-state index in [-0.39, 0.29) is 17.9 Å². The van der Waals surface area contributed by atoms with Crippen LogP contribution in [-0.2, 0) is 16.1 Å². The van der Waals surface area contributed by atoms with Crippen molar-refractivity contribution >= 4 is 11.8 Å². The van der Waals surface area contributed by atoms with Gasteiger partial charge >= 0.3 is 0 Å². The topological polar surface area (TPSA) is 72.3 Å². The van der Waals surface area contributed by atoms with Crippen molar-refractivity contribution in [3.8, 4) is 11.5 Å². The highest BCUT2D eigenvalue weighted by atomic mass is 16.5. The third-order valence-electron chi connectivity index (χ3n) is 4.77. The van der Waals surface area contributed by atoms with Crippen LogP contribution in [0.5, 0.6) is 11.5 Å². The molecule has 0 aromatic heterocycles. The lowest BCUT2D eigenvalue weighted by Crippen LogP contribution is -3.19. The van der Waals surface area contributed by atoms with Crippen LogP contribution in [0.3, 0.4) is 0 Å². The largest absolute Gasteiger partial charge is 0.493 e. The van der Waals surface area contributed by atoms with Crippen molar-refractivity contribution in [3.63, 3.8) is 0 Å². The summed E-state index contributed by atoms with van der Waals surface area (Å²) in [4.78, 5) is 26.9. The highest BCUT2D eigenvalue weighted by molar-refractivity contribution is 5.80. The maximum atomic E-state index is 12.4. The number of hydrogen-bond donors (Lipinski definition) is 2. The quantitative estimate of drug-likeness (QED) is 0.723. The summed E-state index contributed by atoms with van der Waals surface area (Å²) in [5.74, 6) is 1.43. The molecule has 7 heteroatoms. The molecule has 1 aliphatic heterocycles. The van der Waals surface area contributed by atoms with Crippen molar-refractivity contribution in [1.29, 1.82) is 0 Å². The number of quaternary nitrogens is 1. The van der Waals surface area contributed by atoms with Crippen LogP contribution in [0.15, 0.2) is 18.2 Å². The molecule has 2 rings (SSSR count). The fourth-order valence-corrected chi connectivity index (χ4v) is 3.06. The minimum absolute atomic E-state index is 0.0149. The van der Waals surface area contributed by atoms with Gasteiger partial charge in [0.2, 0.25) is 5.91 Å². The second kappa shape index (κ2) is 8.71. The molecule has 2 amide bonds. The zero-order valence-electron chi connectivity index (χ0n) is 15.4. The number of carbonyl (C=O) groups excluding carboxylic acids is 2. The summed E-state index contributed by atoms with van der Waals surface area (Å²) >= 11 is 0. The average molecular weight is 350 g/mol. The molecule has 1 fully saturated rings. The van der Waals surface area contributed by atoms with Crippen molar-refractivity contribution in [1.82, 2.24) is 10.2 Å². The number of methoxy groups -OCH3 is 2. The van der Waals surface area contributed by atoms with Crippen molar-refractivity contribution in [3.05, 3.63) is 23.8 Å². The number of carbonyl (C=O) groups is 2. The van der Waals surface area contributed by atoms with E-state index < -0.39 is 0 Å². The lowest BCUT2D eigenvalue weighted by molar-refractivity contribution is -0.918. The lowest BCUT2D eigenvalue weighted by Gasteiger charge is -2.34. The van der Waals surface area contributed by atoms with Crippen LogP contribution in [0.2, 0.25) is 0 Å². The van der Waals surface area contributed by atoms with Gasteiger partial charge in [-0.3, -0.25) is 9.59 Å². The van der Waals surface area contributed by atoms with Crippen molar-refractivity contribution in [2.24, 2.45) is 0 Å². The van der Waals surface area contributed by atoms with Gasteiger partial charge in [0, 0.05) is 13.5 Å². The third-order valence-corrected chi connectivity index (χ3v) is 4.77. The standard InChI is InChI=1S/C18H27N3O4/c1-13(20-7-9-21(10-8-20)14(2)22)18(23)19-12-15-5-6-16(24-3)17(11-15)25-4/h5-6,11,13H,7-10,12H2,1-4H3,(H,19,23)/p+1/t13-/m1/s1. The first-order chi connectivity index (χ1) is 12.0. The highest BCUT2D eigenvalue weighted by Gasteiger charge is 2.29. The smallest absolute Gasteiger partial charge is 0.278 e. The number of nitrogens with one attached hydrogen (secondary N) is 2. The number of ether oxygens (including phenoxy) is 2. The van der Waals surface area contributed by atoms with Crippen molar-refractivity contribution in [2.75, 3.05) is 40.4 Å². The Kier molecular flexibility index (Phi) is 6.64. The molecule has 0 bridgehead atoms. The molecule has 1 aromatic rings. The zero-order valence-corrected chi connectivity index (χ0v) is 15.4. The minimum atomic E-state index is -0.144. The second-order valence-electron chi connectivity index (χ2n) is 6.29. The van der Waals surface area contributed by atoms with Crippen molar-refractivity contribution < 1.29 is 24.0 Å². The predicted molar refractivity (Wildman–Crippen MR) is 93.8 cm³/mol. The number of rotatable bonds is 6. The Morgan fingerprint density at radius 2 is 1.84 bits per heavy atom. The van der Waals surface area contributed by atoms with E-state index in [9.17, 15) is 9.59 Å². The molecule has 138 valence electrons. The summed E-state index contributed by atoms with van der Waals surface area (Å²) < 4.78 is 10.5. The molecule has 0 unspecified atom stereocenters. The third kappa shape index (κ3) is 4.85. The van der Waals surface area contributed by atoms with Crippen LogP contribution in [0.4, 0.5) is 0 Å². The fourth-order valence-electron chi connectivity index (χ4n) is 3.06. The van der Waals surface area contributed by atoms with Gasteiger partial charge < -0.3 is 24.6 Å². The molecule has 1 aromatic carbocycles. The van der Waals surface area contributed by atoms with Gasteiger partial charge in [0.25, 0.3) is 5.91 Å². The summed E-state index contributed by atoms with van der Waals surface area (Å²) in [5, 5.41) is 2.98. The monoisotopic (exact) mass is 350 g/mol. The number of amides is 2. The molecular formula is C18H28N3O4+. The molecule has 25 heavy (non-hydrogen) atoms. The van der Waals surface area contributed by atoms with Gasteiger partial charge in [0.05, 0.1) is 40.4 Å². The normalized spacial score (nSPS) is 16.2. The molecule has 1 atom stereocenters. The van der Waals surface area contributed by atoms with E-state index in [0.29, 0.717) is 31.1 Å². The predicted octanol–water partition coefficient (Wildman–Crippen LogP) is -0.544. The fraction of sp³-hybridized carbons (Fsp3) is 0.556. The van der Waals surface area contributed by atoms with E-state index in [1.165, 1.54) is 4.90 Å². The van der Waals surface area contributed by atoms with E-state index in [1.807, 2.05) is 30.0 Å². The average Bonchev–Trinajstić information content (AvgIpc) is 2.65. The molecule has 1 heterocycles. The minimum Gasteiger partial charge on any atom is -0.493 e. The summed E-state index contributed by atoms with van der Waals surface area (Å²) in [7, 11) is 3.18. The van der Waals surface area contributed by atoms with Crippen LogP contribution in [-0.4, -0.2) is 63.2 Å². The van der Waals surface area contributed by atoms with Gasteiger partial charge in [0.1, 0.15) is 0 Å². The van der Waals surface area contributed by atoms with E-state index in [4.69, 9.17) is 9.47 Å². The number of piperazine rings is 1. The Morgan fingerprint density at radius 1 is 1.20 bits per heavy atom.